The molecule has 96 valence electrons. The number of rotatable bonds is 1. The molecule has 0 aliphatic carbocycles. The molecule has 1 heterocycles. The molecule has 2 nitrogen and oxygen atoms in total. The third-order valence-corrected chi connectivity index (χ3v) is 3.76. The number of fused-ring (bicyclic) bond motifs is 1. The standard InChI is InChI=1S/C16H14ClNO/c17-12-6-8-15-14(10-12)13(7-9-16(19)18-15)11-4-2-1-3-5-11/h1-6,8,10,13H,7,9H2,(H,18,19). The van der Waals surface area contributed by atoms with Gasteiger partial charge in [0.25, 0.3) is 0 Å². The quantitative estimate of drug-likeness (QED) is 0.827. The lowest BCUT2D eigenvalue weighted by Gasteiger charge is -2.17. The van der Waals surface area contributed by atoms with E-state index in [1.807, 2.05) is 36.4 Å². The van der Waals surface area contributed by atoms with Crippen LogP contribution in [0.4, 0.5) is 5.69 Å². The van der Waals surface area contributed by atoms with Crippen molar-refractivity contribution in [2.45, 2.75) is 18.8 Å². The fourth-order valence-corrected chi connectivity index (χ4v) is 2.79. The summed E-state index contributed by atoms with van der Waals surface area (Å²) >= 11 is 6.11. The normalized spacial score (nSPS) is 18.4. The topological polar surface area (TPSA) is 29.1 Å². The van der Waals surface area contributed by atoms with E-state index >= 15 is 0 Å². The Morgan fingerprint density at radius 2 is 1.89 bits per heavy atom. The van der Waals surface area contributed by atoms with Crippen LogP contribution in [0.2, 0.25) is 5.02 Å². The highest BCUT2D eigenvalue weighted by Gasteiger charge is 2.23. The van der Waals surface area contributed by atoms with Crippen LogP contribution in [0.1, 0.15) is 29.9 Å². The lowest BCUT2D eigenvalue weighted by Crippen LogP contribution is -2.08. The van der Waals surface area contributed by atoms with Gasteiger partial charge in [0.2, 0.25) is 5.91 Å². The number of halogens is 1. The van der Waals surface area contributed by atoms with Crippen LogP contribution in [0.15, 0.2) is 48.5 Å². The van der Waals surface area contributed by atoms with Crippen LogP contribution in [0, 0.1) is 0 Å². The van der Waals surface area contributed by atoms with Gasteiger partial charge in [-0.15, -0.1) is 0 Å². The Morgan fingerprint density at radius 3 is 2.68 bits per heavy atom. The van der Waals surface area contributed by atoms with E-state index in [-0.39, 0.29) is 11.8 Å². The minimum atomic E-state index is 0.0713. The van der Waals surface area contributed by atoms with Crippen molar-refractivity contribution in [1.82, 2.24) is 0 Å². The Hall–Kier alpha value is -1.80. The van der Waals surface area contributed by atoms with E-state index in [1.165, 1.54) is 5.56 Å². The van der Waals surface area contributed by atoms with Crippen LogP contribution in [-0.2, 0) is 4.79 Å². The molecule has 0 saturated carbocycles. The lowest BCUT2D eigenvalue weighted by molar-refractivity contribution is -0.116. The van der Waals surface area contributed by atoms with Crippen molar-refractivity contribution in [1.29, 1.82) is 0 Å². The minimum Gasteiger partial charge on any atom is -0.326 e. The smallest absolute Gasteiger partial charge is 0.224 e. The zero-order valence-corrected chi connectivity index (χ0v) is 11.2. The van der Waals surface area contributed by atoms with Gasteiger partial charge in [-0.3, -0.25) is 4.79 Å². The van der Waals surface area contributed by atoms with Crippen LogP contribution in [-0.4, -0.2) is 5.91 Å². The SMILES string of the molecule is O=C1CCC(c2ccccc2)c2cc(Cl)ccc2N1. The zero-order chi connectivity index (χ0) is 13.2. The fourth-order valence-electron chi connectivity index (χ4n) is 2.61. The van der Waals surface area contributed by atoms with Crippen LogP contribution < -0.4 is 5.32 Å². The monoisotopic (exact) mass is 271 g/mol. The summed E-state index contributed by atoms with van der Waals surface area (Å²) in [7, 11) is 0. The van der Waals surface area contributed by atoms with Gasteiger partial charge in [-0.25, -0.2) is 0 Å². The second-order valence-electron chi connectivity index (χ2n) is 4.78. The largest absolute Gasteiger partial charge is 0.326 e. The van der Waals surface area contributed by atoms with Crippen molar-refractivity contribution in [3.8, 4) is 0 Å². The third-order valence-electron chi connectivity index (χ3n) is 3.53. The lowest BCUT2D eigenvalue weighted by atomic mass is 9.87. The molecular formula is C16H14ClNO. The molecule has 1 atom stereocenters. The number of carbonyl (C=O) groups excluding carboxylic acids is 1. The maximum atomic E-state index is 11.8. The molecule has 2 aromatic rings. The van der Waals surface area contributed by atoms with E-state index in [0.717, 1.165) is 17.7 Å². The molecule has 0 saturated heterocycles. The molecule has 0 aromatic heterocycles. The Labute approximate surface area is 117 Å². The van der Waals surface area contributed by atoms with Gasteiger partial charge >= 0.3 is 0 Å². The molecule has 1 N–H and O–H groups in total. The highest BCUT2D eigenvalue weighted by Crippen LogP contribution is 2.37. The van der Waals surface area contributed by atoms with E-state index in [0.29, 0.717) is 11.4 Å². The molecule has 1 aliphatic rings. The highest BCUT2D eigenvalue weighted by molar-refractivity contribution is 6.30. The summed E-state index contributed by atoms with van der Waals surface area (Å²) < 4.78 is 0. The maximum Gasteiger partial charge on any atom is 0.224 e. The number of amides is 1. The Bertz CT molecular complexity index is 609. The van der Waals surface area contributed by atoms with Gasteiger partial charge in [0.15, 0.2) is 0 Å². The molecule has 3 rings (SSSR count). The fraction of sp³-hybridized carbons (Fsp3) is 0.188. The first-order valence-electron chi connectivity index (χ1n) is 6.38. The van der Waals surface area contributed by atoms with Crippen molar-refractivity contribution in [2.75, 3.05) is 5.32 Å². The number of benzene rings is 2. The molecule has 1 amide bonds. The summed E-state index contributed by atoms with van der Waals surface area (Å²) in [6.45, 7) is 0. The molecule has 1 aliphatic heterocycles. The second-order valence-corrected chi connectivity index (χ2v) is 5.22. The van der Waals surface area contributed by atoms with Crippen molar-refractivity contribution >= 4 is 23.2 Å². The molecular weight excluding hydrogens is 258 g/mol. The van der Waals surface area contributed by atoms with Crippen molar-refractivity contribution in [2.24, 2.45) is 0 Å². The van der Waals surface area contributed by atoms with Gasteiger partial charge < -0.3 is 5.32 Å². The molecule has 0 bridgehead atoms. The Kier molecular flexibility index (Phi) is 3.26. The summed E-state index contributed by atoms with van der Waals surface area (Å²) in [6.07, 6.45) is 1.34. The van der Waals surface area contributed by atoms with Gasteiger partial charge in [-0.2, -0.15) is 0 Å². The minimum absolute atomic E-state index is 0.0713. The van der Waals surface area contributed by atoms with Crippen molar-refractivity contribution < 1.29 is 4.79 Å². The molecule has 0 spiro atoms. The molecule has 0 fully saturated rings. The first-order chi connectivity index (χ1) is 9.24. The van der Waals surface area contributed by atoms with Crippen LogP contribution in [0.3, 0.4) is 0 Å². The van der Waals surface area contributed by atoms with Crippen LogP contribution in [0.25, 0.3) is 0 Å². The molecule has 2 aromatic carbocycles. The average Bonchev–Trinajstić information content (AvgIpc) is 2.58. The number of hydrogen-bond acceptors (Lipinski definition) is 1. The summed E-state index contributed by atoms with van der Waals surface area (Å²) in [6, 6.07) is 15.9. The van der Waals surface area contributed by atoms with Gasteiger partial charge in [0.05, 0.1) is 0 Å². The van der Waals surface area contributed by atoms with E-state index in [9.17, 15) is 4.79 Å². The third kappa shape index (κ3) is 2.49. The predicted molar refractivity (Wildman–Crippen MR) is 77.6 cm³/mol. The van der Waals surface area contributed by atoms with Crippen LogP contribution >= 0.6 is 11.6 Å². The first kappa shape index (κ1) is 12.2. The maximum absolute atomic E-state index is 11.8. The Morgan fingerprint density at radius 1 is 1.11 bits per heavy atom. The van der Waals surface area contributed by atoms with Gasteiger partial charge in [-0.05, 0) is 35.7 Å². The number of carbonyl (C=O) groups is 1. The highest BCUT2D eigenvalue weighted by atomic mass is 35.5. The molecule has 19 heavy (non-hydrogen) atoms. The summed E-state index contributed by atoms with van der Waals surface area (Å²) in [5.41, 5.74) is 3.20. The van der Waals surface area contributed by atoms with E-state index in [1.54, 1.807) is 0 Å². The molecule has 3 heteroatoms. The van der Waals surface area contributed by atoms with Crippen molar-refractivity contribution in [3.05, 3.63) is 64.7 Å². The van der Waals surface area contributed by atoms with Gasteiger partial charge in [0, 0.05) is 23.0 Å². The average molecular weight is 272 g/mol. The molecule has 1 unspecified atom stereocenters. The molecule has 0 radical (unpaired) electrons. The van der Waals surface area contributed by atoms with E-state index < -0.39 is 0 Å². The van der Waals surface area contributed by atoms with Crippen LogP contribution in [0.5, 0.6) is 0 Å². The van der Waals surface area contributed by atoms with Gasteiger partial charge in [0.1, 0.15) is 0 Å². The second kappa shape index (κ2) is 5.06. The summed E-state index contributed by atoms with van der Waals surface area (Å²) in [5, 5.41) is 3.66. The number of anilines is 1. The Balaban J connectivity index is 2.11. The predicted octanol–water partition coefficient (Wildman–Crippen LogP) is 4.20. The van der Waals surface area contributed by atoms with E-state index in [2.05, 4.69) is 17.4 Å². The number of hydrogen-bond donors (Lipinski definition) is 1. The van der Waals surface area contributed by atoms with E-state index in [4.69, 9.17) is 11.6 Å². The van der Waals surface area contributed by atoms with Crippen molar-refractivity contribution in [3.63, 3.8) is 0 Å². The first-order valence-corrected chi connectivity index (χ1v) is 6.76. The van der Waals surface area contributed by atoms with Gasteiger partial charge in [-0.1, -0.05) is 41.9 Å². The number of nitrogens with one attached hydrogen (secondary N) is 1. The zero-order valence-electron chi connectivity index (χ0n) is 10.4. The summed E-state index contributed by atoms with van der Waals surface area (Å²) in [5.74, 6) is 0.288. The summed E-state index contributed by atoms with van der Waals surface area (Å²) in [4.78, 5) is 11.8.